The van der Waals surface area contributed by atoms with E-state index in [1.807, 2.05) is 6.07 Å². The Bertz CT molecular complexity index is 444. The van der Waals surface area contributed by atoms with Crippen LogP contribution in [0.4, 0.5) is 10.1 Å². The molecule has 0 bridgehead atoms. The minimum atomic E-state index is -0.276. The number of anilines is 1. The van der Waals surface area contributed by atoms with Gasteiger partial charge in [-0.2, -0.15) is 5.26 Å². The third-order valence-corrected chi connectivity index (χ3v) is 3.74. The maximum atomic E-state index is 14.0. The van der Waals surface area contributed by atoms with Crippen molar-refractivity contribution in [2.45, 2.75) is 45.1 Å². The van der Waals surface area contributed by atoms with E-state index in [-0.39, 0.29) is 5.82 Å². The van der Waals surface area contributed by atoms with E-state index in [2.05, 4.69) is 11.8 Å². The van der Waals surface area contributed by atoms with Crippen molar-refractivity contribution >= 4 is 5.69 Å². The fourth-order valence-corrected chi connectivity index (χ4v) is 2.83. The van der Waals surface area contributed by atoms with E-state index in [4.69, 9.17) is 5.26 Å². The fourth-order valence-electron chi connectivity index (χ4n) is 2.83. The van der Waals surface area contributed by atoms with Gasteiger partial charge in [-0.15, -0.1) is 0 Å². The van der Waals surface area contributed by atoms with Crippen molar-refractivity contribution in [3.63, 3.8) is 0 Å². The van der Waals surface area contributed by atoms with Crippen LogP contribution in [0, 0.1) is 17.1 Å². The standard InChI is InChI=1S/C15H19FN2/c1-2-18(13-6-4-3-5-7-13)15-9-8-12(11-17)10-14(15)16/h8-10,13H,2-7H2,1H3. The van der Waals surface area contributed by atoms with Crippen LogP contribution in [0.1, 0.15) is 44.6 Å². The first kappa shape index (κ1) is 12.9. The molecule has 18 heavy (non-hydrogen) atoms. The average Bonchev–Trinajstić information content (AvgIpc) is 2.42. The highest BCUT2D eigenvalue weighted by atomic mass is 19.1. The highest BCUT2D eigenvalue weighted by molar-refractivity contribution is 5.52. The van der Waals surface area contributed by atoms with Crippen LogP contribution in [0.2, 0.25) is 0 Å². The maximum absolute atomic E-state index is 14.0. The van der Waals surface area contributed by atoms with Gasteiger partial charge in [0.1, 0.15) is 5.82 Å². The highest BCUT2D eigenvalue weighted by Crippen LogP contribution is 2.29. The third-order valence-electron chi connectivity index (χ3n) is 3.74. The van der Waals surface area contributed by atoms with E-state index in [9.17, 15) is 4.39 Å². The molecule has 1 aliphatic rings. The summed E-state index contributed by atoms with van der Waals surface area (Å²) < 4.78 is 14.0. The van der Waals surface area contributed by atoms with Crippen molar-refractivity contribution in [3.05, 3.63) is 29.6 Å². The van der Waals surface area contributed by atoms with Crippen LogP contribution in [-0.2, 0) is 0 Å². The van der Waals surface area contributed by atoms with Crippen molar-refractivity contribution in [3.8, 4) is 6.07 Å². The van der Waals surface area contributed by atoms with Gasteiger partial charge >= 0.3 is 0 Å². The lowest BCUT2D eigenvalue weighted by Gasteiger charge is -2.35. The quantitative estimate of drug-likeness (QED) is 0.809. The summed E-state index contributed by atoms with van der Waals surface area (Å²) in [5.41, 5.74) is 1.03. The molecule has 96 valence electrons. The van der Waals surface area contributed by atoms with Gasteiger partial charge < -0.3 is 4.90 Å². The minimum absolute atomic E-state index is 0.276. The molecular weight excluding hydrogens is 227 g/mol. The molecule has 0 aliphatic heterocycles. The van der Waals surface area contributed by atoms with Gasteiger partial charge in [0, 0.05) is 12.6 Å². The zero-order valence-electron chi connectivity index (χ0n) is 10.8. The SMILES string of the molecule is CCN(c1ccc(C#N)cc1F)C1CCCCC1. The molecule has 2 rings (SSSR count). The molecule has 0 saturated heterocycles. The number of benzene rings is 1. The van der Waals surface area contributed by atoms with Gasteiger partial charge in [0.15, 0.2) is 0 Å². The predicted octanol–water partition coefficient (Wildman–Crippen LogP) is 3.86. The Hall–Kier alpha value is -1.56. The Balaban J connectivity index is 2.24. The molecule has 0 heterocycles. The van der Waals surface area contributed by atoms with Gasteiger partial charge in [0.2, 0.25) is 0 Å². The van der Waals surface area contributed by atoms with Crippen LogP contribution in [0.25, 0.3) is 0 Å². The molecule has 1 saturated carbocycles. The van der Waals surface area contributed by atoms with Crippen LogP contribution in [0.15, 0.2) is 18.2 Å². The van der Waals surface area contributed by atoms with Gasteiger partial charge in [-0.3, -0.25) is 0 Å². The van der Waals surface area contributed by atoms with Crippen molar-refractivity contribution in [1.29, 1.82) is 5.26 Å². The Morgan fingerprint density at radius 1 is 1.33 bits per heavy atom. The van der Waals surface area contributed by atoms with E-state index in [0.717, 1.165) is 19.4 Å². The molecule has 1 aromatic carbocycles. The second-order valence-electron chi connectivity index (χ2n) is 4.86. The molecule has 0 unspecified atom stereocenters. The molecule has 0 atom stereocenters. The van der Waals surface area contributed by atoms with Crippen LogP contribution in [-0.4, -0.2) is 12.6 Å². The first-order valence-corrected chi connectivity index (χ1v) is 6.72. The normalized spacial score (nSPS) is 16.3. The molecule has 0 amide bonds. The summed E-state index contributed by atoms with van der Waals surface area (Å²) in [5.74, 6) is -0.276. The lowest BCUT2D eigenvalue weighted by molar-refractivity contribution is 0.414. The number of nitriles is 1. The Morgan fingerprint density at radius 3 is 2.61 bits per heavy atom. The van der Waals surface area contributed by atoms with Gasteiger partial charge in [-0.05, 0) is 38.0 Å². The van der Waals surface area contributed by atoms with E-state index in [0.29, 0.717) is 17.3 Å². The minimum Gasteiger partial charge on any atom is -0.366 e. The lowest BCUT2D eigenvalue weighted by atomic mass is 9.93. The molecule has 2 nitrogen and oxygen atoms in total. The second-order valence-corrected chi connectivity index (χ2v) is 4.86. The molecule has 0 radical (unpaired) electrons. The zero-order valence-corrected chi connectivity index (χ0v) is 10.8. The highest BCUT2D eigenvalue weighted by Gasteiger charge is 2.22. The molecule has 3 heteroatoms. The predicted molar refractivity (Wildman–Crippen MR) is 71.0 cm³/mol. The number of hydrogen-bond donors (Lipinski definition) is 0. The topological polar surface area (TPSA) is 27.0 Å². The third kappa shape index (κ3) is 2.64. The van der Waals surface area contributed by atoms with Gasteiger partial charge in [0.05, 0.1) is 17.3 Å². The molecule has 0 aromatic heterocycles. The summed E-state index contributed by atoms with van der Waals surface area (Å²) in [6, 6.07) is 7.20. The molecule has 1 aliphatic carbocycles. The lowest BCUT2D eigenvalue weighted by Crippen LogP contribution is -2.37. The summed E-state index contributed by atoms with van der Waals surface area (Å²) >= 11 is 0. The Labute approximate surface area is 108 Å². The van der Waals surface area contributed by atoms with Gasteiger partial charge in [0.25, 0.3) is 0 Å². The number of halogens is 1. The molecular formula is C15H19FN2. The average molecular weight is 246 g/mol. The molecule has 1 fully saturated rings. The largest absolute Gasteiger partial charge is 0.366 e. The van der Waals surface area contributed by atoms with Crippen LogP contribution >= 0.6 is 0 Å². The zero-order chi connectivity index (χ0) is 13.0. The summed E-state index contributed by atoms with van der Waals surface area (Å²) in [5, 5.41) is 8.77. The van der Waals surface area contributed by atoms with Crippen molar-refractivity contribution < 1.29 is 4.39 Å². The first-order valence-electron chi connectivity index (χ1n) is 6.72. The summed E-state index contributed by atoms with van der Waals surface area (Å²) in [4.78, 5) is 2.15. The van der Waals surface area contributed by atoms with Crippen LogP contribution in [0.5, 0.6) is 0 Å². The van der Waals surface area contributed by atoms with E-state index in [1.165, 1.54) is 25.3 Å². The van der Waals surface area contributed by atoms with Gasteiger partial charge in [-0.1, -0.05) is 19.3 Å². The van der Waals surface area contributed by atoms with E-state index < -0.39 is 0 Å². The monoisotopic (exact) mass is 246 g/mol. The fraction of sp³-hybridized carbons (Fsp3) is 0.533. The Morgan fingerprint density at radius 2 is 2.06 bits per heavy atom. The van der Waals surface area contributed by atoms with Crippen LogP contribution in [0.3, 0.4) is 0 Å². The second kappa shape index (κ2) is 5.86. The van der Waals surface area contributed by atoms with E-state index >= 15 is 0 Å². The van der Waals surface area contributed by atoms with Crippen molar-refractivity contribution in [2.24, 2.45) is 0 Å². The van der Waals surface area contributed by atoms with Crippen LogP contribution < -0.4 is 4.90 Å². The van der Waals surface area contributed by atoms with Gasteiger partial charge in [-0.25, -0.2) is 4.39 Å². The Kier molecular flexibility index (Phi) is 4.19. The molecule has 0 N–H and O–H groups in total. The number of hydrogen-bond acceptors (Lipinski definition) is 2. The smallest absolute Gasteiger partial charge is 0.147 e. The van der Waals surface area contributed by atoms with E-state index in [1.54, 1.807) is 12.1 Å². The summed E-state index contributed by atoms with van der Waals surface area (Å²) in [6.07, 6.45) is 6.06. The number of nitrogens with zero attached hydrogens (tertiary/aromatic N) is 2. The molecule has 1 aromatic rings. The first-order chi connectivity index (χ1) is 8.76. The summed E-state index contributed by atoms with van der Waals surface area (Å²) in [6.45, 7) is 2.87. The number of rotatable bonds is 3. The summed E-state index contributed by atoms with van der Waals surface area (Å²) in [7, 11) is 0. The van der Waals surface area contributed by atoms with Crippen molar-refractivity contribution in [1.82, 2.24) is 0 Å². The molecule has 0 spiro atoms. The van der Waals surface area contributed by atoms with Crippen molar-refractivity contribution in [2.75, 3.05) is 11.4 Å². The maximum Gasteiger partial charge on any atom is 0.147 e.